The summed E-state index contributed by atoms with van der Waals surface area (Å²) in [6.45, 7) is 3.31. The van der Waals surface area contributed by atoms with Crippen LogP contribution in [0.2, 0.25) is 0 Å². The second-order valence-electron chi connectivity index (χ2n) is 16.3. The minimum Gasteiger partial charge on any atom is -0.481 e. The van der Waals surface area contributed by atoms with Gasteiger partial charge in [-0.25, -0.2) is 9.59 Å². The number of hydrogen-bond acceptors (Lipinski definition) is 15. The number of rotatable bonds is 35. The molecule has 10 N–H and O–H groups in total. The van der Waals surface area contributed by atoms with Crippen LogP contribution < -0.4 is 26.6 Å². The Balaban J connectivity index is 2.22. The van der Waals surface area contributed by atoms with E-state index in [9.17, 15) is 68.4 Å². The van der Waals surface area contributed by atoms with E-state index in [1.165, 1.54) is 0 Å². The van der Waals surface area contributed by atoms with Crippen LogP contribution in [0.25, 0.3) is 0 Å². The standard InChI is InChI=1S/C42H73N9O16/c52-31-67-36(47-42(66)46-32(41(64)65)14-15-37(56)57)13-7-10-18-44-34(54)12-6-2-1-5-11-33(53)43-16-8-3-4-9-17-45-35(55)27-48-19-21-49(28-38(58)59)23-25-51(30-40(62)63)26-24-50(22-20-48)29-39(60)61/h31-32,36H,1-30H2,(H,43,53)(H,44,54)(H,45,55)(H,56,57)(H,58,59)(H,60,61)(H,62,63)(H,64,65)(H2,46,47,66). The first-order valence-electron chi connectivity index (χ1n) is 22.9. The molecule has 5 amide bonds. The van der Waals surface area contributed by atoms with E-state index in [-0.39, 0.29) is 76.3 Å². The topological polar surface area (TPSA) is 354 Å². The predicted octanol–water partition coefficient (Wildman–Crippen LogP) is -1.00. The van der Waals surface area contributed by atoms with Crippen molar-refractivity contribution in [1.29, 1.82) is 0 Å². The molecule has 0 aromatic rings. The minimum absolute atomic E-state index is 0.0409. The molecular weight excluding hydrogens is 887 g/mol. The minimum atomic E-state index is -1.44. The van der Waals surface area contributed by atoms with E-state index in [0.29, 0.717) is 97.4 Å². The van der Waals surface area contributed by atoms with E-state index in [1.54, 1.807) is 14.7 Å². The molecule has 0 saturated carbocycles. The van der Waals surface area contributed by atoms with E-state index < -0.39 is 54.6 Å². The zero-order chi connectivity index (χ0) is 49.8. The third-order valence-electron chi connectivity index (χ3n) is 10.7. The first-order valence-corrected chi connectivity index (χ1v) is 22.9. The maximum Gasteiger partial charge on any atom is 0.326 e. The number of carbonyl (C=O) groups is 10. The van der Waals surface area contributed by atoms with Crippen LogP contribution in [-0.2, 0) is 47.9 Å². The van der Waals surface area contributed by atoms with Crippen molar-refractivity contribution < 1.29 is 78.2 Å². The van der Waals surface area contributed by atoms with Crippen LogP contribution in [0.3, 0.4) is 0 Å². The Hall–Kier alpha value is -5.66. The van der Waals surface area contributed by atoms with Gasteiger partial charge in [0.25, 0.3) is 6.47 Å². The highest BCUT2D eigenvalue weighted by molar-refractivity contribution is 5.83. The molecule has 1 aliphatic heterocycles. The van der Waals surface area contributed by atoms with E-state index in [2.05, 4.69) is 26.6 Å². The monoisotopic (exact) mass is 960 g/mol. The van der Waals surface area contributed by atoms with Gasteiger partial charge in [-0.2, -0.15) is 0 Å². The van der Waals surface area contributed by atoms with Gasteiger partial charge in [-0.15, -0.1) is 0 Å². The zero-order valence-electron chi connectivity index (χ0n) is 38.5. The molecule has 1 rings (SSSR count). The maximum absolute atomic E-state index is 12.9. The Kier molecular flexibility index (Phi) is 32.3. The van der Waals surface area contributed by atoms with Gasteiger partial charge in [-0.3, -0.25) is 58.0 Å². The zero-order valence-corrected chi connectivity index (χ0v) is 38.5. The molecule has 0 aromatic carbocycles. The average molecular weight is 960 g/mol. The lowest BCUT2D eigenvalue weighted by Crippen LogP contribution is -2.49. The molecule has 2 unspecified atom stereocenters. The SMILES string of the molecule is O=COC(CCCCNC(=O)CCCCCCC(=O)NCCCCCCNC(=O)CN1CCN(CC(=O)O)CCN(CC(=O)O)CCN(CC(=O)O)CC1)NC(=O)NC(CCC(=O)O)C(=O)O. The second kappa shape index (κ2) is 36.5. The fraction of sp³-hybridized carbons (Fsp3) is 0.762. The predicted molar refractivity (Wildman–Crippen MR) is 239 cm³/mol. The van der Waals surface area contributed by atoms with Crippen LogP contribution in [0.1, 0.15) is 96.3 Å². The highest BCUT2D eigenvalue weighted by Gasteiger charge is 2.24. The Morgan fingerprint density at radius 2 is 0.836 bits per heavy atom. The summed E-state index contributed by atoms with van der Waals surface area (Å²) >= 11 is 0. The second-order valence-corrected chi connectivity index (χ2v) is 16.3. The molecule has 0 bridgehead atoms. The van der Waals surface area contributed by atoms with Gasteiger partial charge in [-0.05, 0) is 44.9 Å². The van der Waals surface area contributed by atoms with E-state index in [1.807, 2.05) is 4.90 Å². The van der Waals surface area contributed by atoms with Crippen LogP contribution >= 0.6 is 0 Å². The number of carboxylic acid groups (broad SMARTS) is 5. The molecule has 2 atom stereocenters. The van der Waals surface area contributed by atoms with Gasteiger partial charge in [0, 0.05) is 97.7 Å². The number of aliphatic carboxylic acids is 5. The summed E-state index contributed by atoms with van der Waals surface area (Å²) in [6, 6.07) is -2.38. The van der Waals surface area contributed by atoms with Crippen LogP contribution in [0.15, 0.2) is 0 Å². The van der Waals surface area contributed by atoms with E-state index >= 15 is 0 Å². The molecule has 1 fully saturated rings. The van der Waals surface area contributed by atoms with Crippen molar-refractivity contribution in [3.8, 4) is 0 Å². The van der Waals surface area contributed by atoms with Crippen LogP contribution in [0, 0.1) is 0 Å². The molecule has 1 heterocycles. The Morgan fingerprint density at radius 3 is 1.22 bits per heavy atom. The maximum atomic E-state index is 12.9. The van der Waals surface area contributed by atoms with Crippen molar-refractivity contribution in [3.63, 3.8) is 0 Å². The van der Waals surface area contributed by atoms with Crippen molar-refractivity contribution in [3.05, 3.63) is 0 Å². The van der Waals surface area contributed by atoms with E-state index in [4.69, 9.17) is 9.84 Å². The first kappa shape index (κ1) is 59.4. The molecule has 0 aromatic heterocycles. The number of carbonyl (C=O) groups excluding carboxylic acids is 5. The van der Waals surface area contributed by atoms with Gasteiger partial charge in [-0.1, -0.05) is 25.7 Å². The molecule has 0 spiro atoms. The summed E-state index contributed by atoms with van der Waals surface area (Å²) in [5, 5.41) is 59.2. The highest BCUT2D eigenvalue weighted by atomic mass is 16.5. The summed E-state index contributed by atoms with van der Waals surface area (Å²) in [4.78, 5) is 124. The Labute approximate surface area is 390 Å². The Bertz CT molecular complexity index is 1530. The lowest BCUT2D eigenvalue weighted by molar-refractivity contribution is -0.141. The van der Waals surface area contributed by atoms with Gasteiger partial charge in [0.15, 0.2) is 6.23 Å². The third kappa shape index (κ3) is 33.5. The molecule has 0 aliphatic carbocycles. The first-order chi connectivity index (χ1) is 32.0. The molecular formula is C42H73N9O16. The van der Waals surface area contributed by atoms with Crippen molar-refractivity contribution in [2.75, 3.05) is 98.2 Å². The number of nitrogens with zero attached hydrogens (tertiary/aromatic N) is 4. The lowest BCUT2D eigenvalue weighted by Gasteiger charge is -2.32. The number of unbranched alkanes of at least 4 members (excludes halogenated alkanes) is 7. The number of ether oxygens (including phenoxy) is 1. The number of carboxylic acids is 5. The quantitative estimate of drug-likeness (QED) is 0.0207. The highest BCUT2D eigenvalue weighted by Crippen LogP contribution is 2.08. The fourth-order valence-electron chi connectivity index (χ4n) is 7.00. The largest absolute Gasteiger partial charge is 0.481 e. The van der Waals surface area contributed by atoms with Gasteiger partial charge in [0.05, 0.1) is 26.2 Å². The normalized spacial score (nSPS) is 15.3. The molecule has 1 saturated heterocycles. The van der Waals surface area contributed by atoms with Crippen molar-refractivity contribution in [2.24, 2.45) is 0 Å². The van der Waals surface area contributed by atoms with E-state index in [0.717, 1.165) is 38.5 Å². The number of nitrogens with one attached hydrogen (secondary N) is 5. The smallest absolute Gasteiger partial charge is 0.326 e. The van der Waals surface area contributed by atoms with Crippen molar-refractivity contribution in [1.82, 2.24) is 46.2 Å². The van der Waals surface area contributed by atoms with Gasteiger partial charge in [0.1, 0.15) is 6.04 Å². The Morgan fingerprint density at radius 1 is 0.448 bits per heavy atom. The molecule has 1 aliphatic rings. The summed E-state index contributed by atoms with van der Waals surface area (Å²) in [5.41, 5.74) is 0. The van der Waals surface area contributed by atoms with Crippen LogP contribution in [-0.4, -0.2) is 216 Å². The number of hydrogen-bond donors (Lipinski definition) is 10. The summed E-state index contributed by atoms with van der Waals surface area (Å²) < 4.78 is 4.83. The molecule has 67 heavy (non-hydrogen) atoms. The van der Waals surface area contributed by atoms with Gasteiger partial charge < -0.3 is 56.9 Å². The average Bonchev–Trinajstić information content (AvgIpc) is 3.24. The van der Waals surface area contributed by atoms with Gasteiger partial charge >= 0.3 is 35.9 Å². The molecule has 25 heteroatoms. The fourth-order valence-corrected chi connectivity index (χ4v) is 7.00. The van der Waals surface area contributed by atoms with Crippen molar-refractivity contribution >= 4 is 60.1 Å². The lowest BCUT2D eigenvalue weighted by atomic mass is 10.1. The van der Waals surface area contributed by atoms with Crippen LogP contribution in [0.4, 0.5) is 4.79 Å². The van der Waals surface area contributed by atoms with Crippen molar-refractivity contribution in [2.45, 2.75) is 109 Å². The summed E-state index contributed by atoms with van der Waals surface area (Å²) in [7, 11) is 0. The summed E-state index contributed by atoms with van der Waals surface area (Å²) in [5.74, 6) is -6.08. The number of urea groups is 1. The molecule has 382 valence electrons. The molecule has 25 nitrogen and oxygen atoms in total. The van der Waals surface area contributed by atoms with Crippen LogP contribution in [0.5, 0.6) is 0 Å². The van der Waals surface area contributed by atoms with Gasteiger partial charge in [0.2, 0.25) is 17.7 Å². The third-order valence-corrected chi connectivity index (χ3v) is 10.7. The summed E-state index contributed by atoms with van der Waals surface area (Å²) in [6.07, 6.45) is 6.13. The molecule has 0 radical (unpaired) electrons. The number of amides is 5.